The Hall–Kier alpha value is -1.78. The standard InChI is InChI=1S/C16H20N2O2/c1-2-15-14(9-10-19-15)16(18-17)11-3-5-12(6-4-11)20-13-7-8-13/h3-6,9-10,13,16,18H,2,7-8,17H2,1H3. The summed E-state index contributed by atoms with van der Waals surface area (Å²) in [5.41, 5.74) is 5.06. The number of benzene rings is 1. The Morgan fingerprint density at radius 1 is 1.30 bits per heavy atom. The van der Waals surface area contributed by atoms with Crippen LogP contribution in [0, 0.1) is 0 Å². The minimum absolute atomic E-state index is 0.0568. The maximum absolute atomic E-state index is 5.76. The third-order valence-electron chi connectivity index (χ3n) is 3.62. The van der Waals surface area contributed by atoms with E-state index < -0.39 is 0 Å². The van der Waals surface area contributed by atoms with Crippen LogP contribution in [0.5, 0.6) is 5.75 Å². The quantitative estimate of drug-likeness (QED) is 0.627. The molecule has 1 aromatic carbocycles. The Kier molecular flexibility index (Phi) is 3.76. The molecule has 1 heterocycles. The van der Waals surface area contributed by atoms with Crippen molar-refractivity contribution >= 4 is 0 Å². The lowest BCUT2D eigenvalue weighted by Crippen LogP contribution is -2.29. The van der Waals surface area contributed by atoms with Crippen molar-refractivity contribution in [3.8, 4) is 5.75 Å². The molecule has 1 aliphatic rings. The van der Waals surface area contributed by atoms with E-state index in [1.165, 1.54) is 12.8 Å². The van der Waals surface area contributed by atoms with Gasteiger partial charge in [-0.25, -0.2) is 5.43 Å². The highest BCUT2D eigenvalue weighted by Crippen LogP contribution is 2.30. The SMILES string of the molecule is CCc1occc1C(NN)c1ccc(OC2CC2)cc1. The molecule has 1 aliphatic carbocycles. The van der Waals surface area contributed by atoms with Crippen LogP contribution in [0.3, 0.4) is 0 Å². The van der Waals surface area contributed by atoms with Crippen molar-refractivity contribution in [1.29, 1.82) is 0 Å². The molecule has 0 bridgehead atoms. The molecule has 4 heteroatoms. The van der Waals surface area contributed by atoms with Crippen molar-refractivity contribution in [2.75, 3.05) is 0 Å². The van der Waals surface area contributed by atoms with Gasteiger partial charge in [-0.2, -0.15) is 0 Å². The molecular formula is C16H20N2O2. The highest BCUT2D eigenvalue weighted by molar-refractivity contribution is 5.36. The van der Waals surface area contributed by atoms with Gasteiger partial charge in [-0.15, -0.1) is 0 Å². The van der Waals surface area contributed by atoms with Crippen LogP contribution >= 0.6 is 0 Å². The van der Waals surface area contributed by atoms with Crippen LogP contribution in [0.2, 0.25) is 0 Å². The number of rotatable bonds is 6. The van der Waals surface area contributed by atoms with E-state index in [-0.39, 0.29) is 6.04 Å². The second kappa shape index (κ2) is 5.69. The first-order valence-electron chi connectivity index (χ1n) is 7.10. The van der Waals surface area contributed by atoms with E-state index >= 15 is 0 Å². The Morgan fingerprint density at radius 2 is 2.05 bits per heavy atom. The van der Waals surface area contributed by atoms with E-state index in [1.54, 1.807) is 6.26 Å². The summed E-state index contributed by atoms with van der Waals surface area (Å²) in [6, 6.07) is 10.0. The minimum Gasteiger partial charge on any atom is -0.490 e. The van der Waals surface area contributed by atoms with Crippen LogP contribution in [0.1, 0.15) is 42.7 Å². The number of hydrogen-bond donors (Lipinski definition) is 2. The summed E-state index contributed by atoms with van der Waals surface area (Å²) in [5.74, 6) is 7.62. The summed E-state index contributed by atoms with van der Waals surface area (Å²) in [7, 11) is 0. The van der Waals surface area contributed by atoms with Crippen LogP contribution in [0.4, 0.5) is 0 Å². The van der Waals surface area contributed by atoms with Crippen molar-refractivity contribution in [2.45, 2.75) is 38.3 Å². The monoisotopic (exact) mass is 272 g/mol. The highest BCUT2D eigenvalue weighted by atomic mass is 16.5. The molecule has 0 amide bonds. The Labute approximate surface area is 118 Å². The lowest BCUT2D eigenvalue weighted by molar-refractivity contribution is 0.303. The van der Waals surface area contributed by atoms with Gasteiger partial charge in [0.25, 0.3) is 0 Å². The van der Waals surface area contributed by atoms with Gasteiger partial charge >= 0.3 is 0 Å². The molecule has 0 radical (unpaired) electrons. The lowest BCUT2D eigenvalue weighted by atomic mass is 9.99. The maximum atomic E-state index is 5.76. The zero-order chi connectivity index (χ0) is 13.9. The normalized spacial score (nSPS) is 16.1. The van der Waals surface area contributed by atoms with Crippen LogP contribution in [-0.4, -0.2) is 6.10 Å². The van der Waals surface area contributed by atoms with E-state index in [9.17, 15) is 0 Å². The molecule has 0 aliphatic heterocycles. The van der Waals surface area contributed by atoms with Crippen molar-refractivity contribution in [3.63, 3.8) is 0 Å². The van der Waals surface area contributed by atoms with Crippen molar-refractivity contribution in [3.05, 3.63) is 53.5 Å². The lowest BCUT2D eigenvalue weighted by Gasteiger charge is -2.17. The molecule has 0 spiro atoms. The average molecular weight is 272 g/mol. The first-order chi connectivity index (χ1) is 9.81. The number of nitrogens with two attached hydrogens (primary N) is 1. The summed E-state index contributed by atoms with van der Waals surface area (Å²) in [6.07, 6.45) is 5.32. The van der Waals surface area contributed by atoms with E-state index in [4.69, 9.17) is 15.0 Å². The van der Waals surface area contributed by atoms with Crippen LogP contribution in [0.25, 0.3) is 0 Å². The number of aryl methyl sites for hydroxylation is 1. The highest BCUT2D eigenvalue weighted by Gasteiger charge is 2.23. The molecule has 1 unspecified atom stereocenters. The molecule has 1 fully saturated rings. The first-order valence-corrected chi connectivity index (χ1v) is 7.10. The van der Waals surface area contributed by atoms with Gasteiger partial charge in [-0.3, -0.25) is 5.84 Å². The van der Waals surface area contributed by atoms with Crippen LogP contribution < -0.4 is 16.0 Å². The van der Waals surface area contributed by atoms with Crippen molar-refractivity contribution < 1.29 is 9.15 Å². The van der Waals surface area contributed by atoms with Gasteiger partial charge in [0.15, 0.2) is 0 Å². The van der Waals surface area contributed by atoms with Gasteiger partial charge in [-0.1, -0.05) is 19.1 Å². The average Bonchev–Trinajstić information content (AvgIpc) is 3.17. The van der Waals surface area contributed by atoms with Crippen molar-refractivity contribution in [1.82, 2.24) is 5.43 Å². The number of furan rings is 1. The molecule has 1 saturated carbocycles. The molecule has 1 aromatic heterocycles. The molecule has 0 saturated heterocycles. The fraction of sp³-hybridized carbons (Fsp3) is 0.375. The topological polar surface area (TPSA) is 60.4 Å². The van der Waals surface area contributed by atoms with E-state index in [0.29, 0.717) is 6.10 Å². The summed E-state index contributed by atoms with van der Waals surface area (Å²) >= 11 is 0. The Morgan fingerprint density at radius 3 is 2.65 bits per heavy atom. The molecule has 1 atom stereocenters. The third kappa shape index (κ3) is 2.71. The summed E-state index contributed by atoms with van der Waals surface area (Å²) < 4.78 is 11.2. The van der Waals surface area contributed by atoms with Gasteiger partial charge in [0.2, 0.25) is 0 Å². The first kappa shape index (κ1) is 13.2. The van der Waals surface area contributed by atoms with Crippen molar-refractivity contribution in [2.24, 2.45) is 5.84 Å². The maximum Gasteiger partial charge on any atom is 0.119 e. The number of nitrogens with one attached hydrogen (secondary N) is 1. The van der Waals surface area contributed by atoms with Gasteiger partial charge in [0, 0.05) is 12.0 Å². The van der Waals surface area contributed by atoms with E-state index in [1.807, 2.05) is 18.2 Å². The summed E-state index contributed by atoms with van der Waals surface area (Å²) in [5, 5.41) is 0. The molecule has 106 valence electrons. The summed E-state index contributed by atoms with van der Waals surface area (Å²) in [4.78, 5) is 0. The van der Waals surface area contributed by atoms with Crippen LogP contribution in [0.15, 0.2) is 41.0 Å². The van der Waals surface area contributed by atoms with Gasteiger partial charge in [0.05, 0.1) is 18.4 Å². The third-order valence-corrected chi connectivity index (χ3v) is 3.62. The summed E-state index contributed by atoms with van der Waals surface area (Å²) in [6.45, 7) is 2.07. The predicted molar refractivity (Wildman–Crippen MR) is 77.3 cm³/mol. The fourth-order valence-corrected chi connectivity index (χ4v) is 2.38. The van der Waals surface area contributed by atoms with E-state index in [2.05, 4.69) is 24.5 Å². The predicted octanol–water partition coefficient (Wildman–Crippen LogP) is 2.94. The zero-order valence-corrected chi connectivity index (χ0v) is 11.6. The second-order valence-corrected chi connectivity index (χ2v) is 5.14. The molecule has 3 rings (SSSR count). The van der Waals surface area contributed by atoms with Gasteiger partial charge < -0.3 is 9.15 Å². The molecule has 2 aromatic rings. The molecule has 3 N–H and O–H groups in total. The minimum atomic E-state index is -0.0568. The number of hydrogen-bond acceptors (Lipinski definition) is 4. The van der Waals surface area contributed by atoms with Crippen LogP contribution in [-0.2, 0) is 6.42 Å². The smallest absolute Gasteiger partial charge is 0.119 e. The number of hydrazine groups is 1. The Bertz CT molecular complexity index is 558. The van der Waals surface area contributed by atoms with Gasteiger partial charge in [0.1, 0.15) is 11.5 Å². The molecular weight excluding hydrogens is 252 g/mol. The Balaban J connectivity index is 1.81. The zero-order valence-electron chi connectivity index (χ0n) is 11.6. The number of ether oxygens (including phenoxy) is 1. The second-order valence-electron chi connectivity index (χ2n) is 5.14. The fourth-order valence-electron chi connectivity index (χ4n) is 2.38. The molecule has 4 nitrogen and oxygen atoms in total. The largest absolute Gasteiger partial charge is 0.490 e. The van der Waals surface area contributed by atoms with E-state index in [0.717, 1.165) is 29.1 Å². The molecule has 20 heavy (non-hydrogen) atoms. The van der Waals surface area contributed by atoms with Gasteiger partial charge in [-0.05, 0) is 36.6 Å².